The van der Waals surface area contributed by atoms with Crippen LogP contribution in [-0.4, -0.2) is 72.7 Å². The number of carbonyl (C=O) groups is 1. The Bertz CT molecular complexity index is 2870. The van der Waals surface area contributed by atoms with Gasteiger partial charge in [-0.3, -0.25) is 9.40 Å². The van der Waals surface area contributed by atoms with Crippen molar-refractivity contribution in [1.82, 2.24) is 34.8 Å². The van der Waals surface area contributed by atoms with Gasteiger partial charge in [-0.05, 0) is 25.8 Å². The van der Waals surface area contributed by atoms with Gasteiger partial charge < -0.3 is 10.6 Å². The quantitative estimate of drug-likeness (QED) is 0.106. The van der Waals surface area contributed by atoms with Gasteiger partial charge in [0.15, 0.2) is 10.9 Å². The van der Waals surface area contributed by atoms with Gasteiger partial charge in [-0.2, -0.15) is 5.10 Å². The number of fused-ring (bicyclic) bond motifs is 5. The number of halogens is 8. The van der Waals surface area contributed by atoms with Crippen LogP contribution in [-0.2, 0) is 46.9 Å². The van der Waals surface area contributed by atoms with E-state index in [1.807, 2.05) is 6.92 Å². The van der Waals surface area contributed by atoms with Gasteiger partial charge in [0.25, 0.3) is 0 Å². The van der Waals surface area contributed by atoms with Crippen molar-refractivity contribution in [2.24, 2.45) is 12.8 Å². The van der Waals surface area contributed by atoms with E-state index < -0.39 is 98.3 Å². The number of rotatable bonds is 10. The number of carbonyl (C=O) groups excluding carboxylic acids is 1. The molecule has 23 heteroatoms. The Morgan fingerprint density at radius 1 is 1.07 bits per heavy atom. The molecule has 13 nitrogen and oxygen atoms in total. The second kappa shape index (κ2) is 14.5. The molecule has 2 aromatic carbocycles. The van der Waals surface area contributed by atoms with Crippen LogP contribution in [0.2, 0.25) is 0 Å². The van der Waals surface area contributed by atoms with Gasteiger partial charge in [-0.25, -0.2) is 17.2 Å². The Hall–Kier alpha value is -4.62. The van der Waals surface area contributed by atoms with E-state index in [9.17, 15) is 35.2 Å². The average Bonchev–Trinajstić information content (AvgIpc) is 3.41. The Labute approximate surface area is 357 Å². The number of para-hydroxylation sites is 1. The monoisotopic (exact) mass is 1000 g/mol. The van der Waals surface area contributed by atoms with Crippen molar-refractivity contribution in [2.75, 3.05) is 29.0 Å². The number of nitrogens with zero attached hydrogens (tertiary/aromatic N) is 7. The molecule has 9 rings (SSSR count). The molecule has 4 aromatic heterocycles. The van der Waals surface area contributed by atoms with Gasteiger partial charge in [-0.1, -0.05) is 17.4 Å². The first-order chi connectivity index (χ1) is 28.6. The van der Waals surface area contributed by atoms with Crippen LogP contribution in [0.1, 0.15) is 57.9 Å². The van der Waals surface area contributed by atoms with E-state index in [-0.39, 0.29) is 34.7 Å². The van der Waals surface area contributed by atoms with Crippen LogP contribution >= 0.6 is 11.3 Å². The summed E-state index contributed by atoms with van der Waals surface area (Å²) in [5.41, 5.74) is 4.69. The number of thiazole rings is 1. The maximum atomic E-state index is 15.5. The van der Waals surface area contributed by atoms with Gasteiger partial charge in [-0.15, -0.1) is 0 Å². The van der Waals surface area contributed by atoms with E-state index in [1.165, 1.54) is 16.0 Å². The average molecular weight is 1000 g/mol. The first-order valence-corrected chi connectivity index (χ1v) is 24.0. The van der Waals surface area contributed by atoms with Gasteiger partial charge in [0.05, 0.1) is 6.26 Å². The molecule has 2 fully saturated rings. The number of hydrogen-bond acceptors (Lipinski definition) is 10. The number of sulfonamides is 1. The van der Waals surface area contributed by atoms with Gasteiger partial charge in [0.1, 0.15) is 0 Å². The van der Waals surface area contributed by atoms with E-state index in [0.717, 1.165) is 18.4 Å². The van der Waals surface area contributed by atoms with E-state index in [1.54, 1.807) is 31.3 Å². The first-order valence-electron chi connectivity index (χ1n) is 18.8. The zero-order valence-corrected chi connectivity index (χ0v) is 36.1. The zero-order chi connectivity index (χ0) is 43.6. The standard InChI is InChI=1S/C38H35F7IN10O3S2/c1-36(47)7-9-55(10-8-36)35-50-34-24(60-35)15-22(20-5-4-6-21-29(20)54(2)52-33(21)53-61(3,58)59)28(49-34)23(13-17-11-18(39)14-19(40)12-17)48-25(57)16-56-32-26(31(51-56)38(43,44)45)27-30(46-27)37(32,41)42/h4-6,11-12,14-15,23,27,30H,7-10,13,16,47H2,1-3H3,(H,48,57)(H,52,53)/q-1/t23?,27-,30-/m1/s1. The number of pyridine rings is 1. The molecule has 0 bridgehead atoms. The summed E-state index contributed by atoms with van der Waals surface area (Å²) in [6.07, 6.45) is -3.02. The number of anilines is 2. The van der Waals surface area contributed by atoms with Gasteiger partial charge in [0.2, 0.25) is 10.0 Å². The molecule has 1 amide bonds. The molecule has 3 aliphatic rings. The molecular weight excluding hydrogens is 969 g/mol. The Kier molecular flexibility index (Phi) is 9.90. The van der Waals surface area contributed by atoms with Crippen molar-refractivity contribution in [3.63, 3.8) is 0 Å². The van der Waals surface area contributed by atoms with E-state index in [2.05, 4.69) is 25.1 Å². The molecule has 0 spiro atoms. The molecule has 2 saturated heterocycles. The number of aromatic nitrogens is 6. The van der Waals surface area contributed by atoms with Crippen molar-refractivity contribution >= 4 is 59.5 Å². The van der Waals surface area contributed by atoms with Crippen molar-refractivity contribution < 1.29 is 65.2 Å². The predicted molar refractivity (Wildman–Crippen MR) is 208 cm³/mol. The maximum absolute atomic E-state index is 15.5. The van der Waals surface area contributed by atoms with Crippen LogP contribution in [0.4, 0.5) is 41.7 Å². The fourth-order valence-electron chi connectivity index (χ4n) is 8.17. The van der Waals surface area contributed by atoms with E-state index >= 15 is 8.78 Å². The minimum absolute atomic E-state index is 0.0242. The zero-order valence-electron chi connectivity index (χ0n) is 32.3. The van der Waals surface area contributed by atoms with Crippen molar-refractivity contribution in [3.05, 3.63) is 82.3 Å². The molecule has 0 saturated carbocycles. The van der Waals surface area contributed by atoms with Gasteiger partial charge >= 0.3 is 209 Å². The van der Waals surface area contributed by atoms with Gasteiger partial charge in [0, 0.05) is 37.1 Å². The third-order valence-corrected chi connectivity index (χ3v) is 16.2. The number of benzene rings is 2. The molecule has 0 radical (unpaired) electrons. The number of piperidine rings is 1. The molecule has 1 aliphatic carbocycles. The van der Waals surface area contributed by atoms with Crippen LogP contribution in [0.25, 0.3) is 32.4 Å². The molecule has 324 valence electrons. The fraction of sp³-hybridized carbons (Fsp3) is 0.395. The normalized spacial score (nSPS) is 20.0. The van der Waals surface area contributed by atoms with Crippen LogP contribution in [0, 0.1) is 11.6 Å². The Morgan fingerprint density at radius 3 is 2.44 bits per heavy atom. The van der Waals surface area contributed by atoms with Crippen LogP contribution in [0.5, 0.6) is 0 Å². The number of aryl methyl sites for hydroxylation is 1. The number of nitrogens with one attached hydrogen (secondary N) is 2. The molecule has 3 atom stereocenters. The second-order valence-electron chi connectivity index (χ2n) is 15.8. The fourth-order valence-corrected chi connectivity index (χ4v) is 12.8. The topological polar surface area (TPSA) is 166 Å². The molecule has 6 heterocycles. The SMILES string of the molecule is Cn1nc(NS(C)(=O)=O)c2cccc(-c3cc4sc(N5CCC(C)(N)CC5)nc4nc3C(Cc3cc(F)cc(F)c3)NC(=O)Cn3nc(C(F)(F)F)c4c3C(F)(F)[C@@H]3[I-][C@H]43)c21. The Balaban J connectivity index is 1.19. The summed E-state index contributed by atoms with van der Waals surface area (Å²) in [7, 11) is -2.19. The number of hydrogen-bond donors (Lipinski definition) is 3. The summed E-state index contributed by atoms with van der Waals surface area (Å²) in [5, 5.41) is 11.7. The molecule has 1 unspecified atom stereocenters. The second-order valence-corrected chi connectivity index (χ2v) is 22.0. The van der Waals surface area contributed by atoms with Crippen LogP contribution in [0.15, 0.2) is 42.5 Å². The minimum atomic E-state index is -5.05. The van der Waals surface area contributed by atoms with Crippen LogP contribution < -0.4 is 41.9 Å². The van der Waals surface area contributed by atoms with Crippen molar-refractivity contribution in [1.29, 1.82) is 0 Å². The first kappa shape index (κ1) is 41.7. The number of amides is 1. The summed E-state index contributed by atoms with van der Waals surface area (Å²) >= 11 is 0.107. The molecule has 4 N–H and O–H groups in total. The summed E-state index contributed by atoms with van der Waals surface area (Å²) in [6.45, 7) is 2.15. The van der Waals surface area contributed by atoms with E-state index in [4.69, 9.17) is 15.7 Å². The molecule has 61 heavy (non-hydrogen) atoms. The molecular formula is C38H35F7IN10O3S2-. The molecule has 2 aliphatic heterocycles. The third kappa shape index (κ3) is 7.78. The summed E-state index contributed by atoms with van der Waals surface area (Å²) in [6, 6.07) is 8.19. The number of nitrogens with two attached hydrogens (primary N) is 1. The summed E-state index contributed by atoms with van der Waals surface area (Å²) in [5.74, 6) is -6.48. The predicted octanol–water partition coefficient (Wildman–Crippen LogP) is 3.15. The molecule has 6 aromatic rings. The van der Waals surface area contributed by atoms with E-state index in [0.29, 0.717) is 68.5 Å². The third-order valence-electron chi connectivity index (χ3n) is 11.0. The Morgan fingerprint density at radius 2 is 1.77 bits per heavy atom. The van der Waals surface area contributed by atoms with Crippen LogP contribution in [0.3, 0.4) is 0 Å². The number of alkyl halides is 7. The van der Waals surface area contributed by atoms with Crippen molar-refractivity contribution in [2.45, 2.75) is 64.3 Å². The summed E-state index contributed by atoms with van der Waals surface area (Å²) in [4.78, 5) is 25.9. The van der Waals surface area contributed by atoms with Crippen molar-refractivity contribution in [3.8, 4) is 11.1 Å². The summed E-state index contributed by atoms with van der Waals surface area (Å²) < 4.78 is 130.